The molecule has 1 N–H and O–H groups in total. The van der Waals surface area contributed by atoms with Crippen LogP contribution in [0.5, 0.6) is 0 Å². The van der Waals surface area contributed by atoms with Crippen molar-refractivity contribution in [1.29, 1.82) is 0 Å². The number of carboxylic acid groups (broad SMARTS) is 1. The van der Waals surface area contributed by atoms with Crippen LogP contribution in [-0.2, 0) is 14.9 Å². The number of hydrogen-bond acceptors (Lipinski definition) is 2. The summed E-state index contributed by atoms with van der Waals surface area (Å²) in [6.45, 7) is 2.59. The Kier molecular flexibility index (Phi) is 1.89. The van der Waals surface area contributed by atoms with E-state index in [1.165, 1.54) is 5.56 Å². The summed E-state index contributed by atoms with van der Waals surface area (Å²) in [5.74, 6) is -1.08. The summed E-state index contributed by atoms with van der Waals surface area (Å²) in [6.07, 6.45) is 0.784. The first-order chi connectivity index (χ1) is 7.63. The number of carboxylic acids is 1. The Bertz CT molecular complexity index is 433. The van der Waals surface area contributed by atoms with Crippen LogP contribution in [0.25, 0.3) is 0 Å². The molecule has 3 heteroatoms. The molecule has 2 bridgehead atoms. The molecule has 0 aromatic heterocycles. The van der Waals surface area contributed by atoms with Gasteiger partial charge in [-0.05, 0) is 18.9 Å². The molecule has 4 rings (SSSR count). The lowest BCUT2D eigenvalue weighted by Crippen LogP contribution is -2.52. The van der Waals surface area contributed by atoms with Crippen molar-refractivity contribution in [3.63, 3.8) is 0 Å². The molecule has 3 nitrogen and oxygen atoms in total. The van der Waals surface area contributed by atoms with Crippen molar-refractivity contribution in [1.82, 2.24) is 0 Å². The molecule has 0 radical (unpaired) electrons. The standard InChI is InChI=1S/C13H14O3/c1-8-2-4-9(5-3-8)13-6-10(16-7-13)11(13)12(14)15/h2-5,10-11H,6-7H2,1H3,(H,14,15). The van der Waals surface area contributed by atoms with Crippen LogP contribution in [0.4, 0.5) is 0 Å². The van der Waals surface area contributed by atoms with Gasteiger partial charge in [-0.15, -0.1) is 0 Å². The molecule has 0 spiro atoms. The predicted octanol–water partition coefficient (Wildman–Crippen LogP) is 1.74. The normalized spacial score (nSPS) is 35.8. The lowest BCUT2D eigenvalue weighted by Gasteiger charge is -2.42. The predicted molar refractivity (Wildman–Crippen MR) is 58.3 cm³/mol. The Morgan fingerprint density at radius 2 is 2.12 bits per heavy atom. The maximum atomic E-state index is 11.2. The van der Waals surface area contributed by atoms with E-state index in [2.05, 4.69) is 0 Å². The quantitative estimate of drug-likeness (QED) is 0.822. The summed E-state index contributed by atoms with van der Waals surface area (Å²) in [7, 11) is 0. The third-order valence-electron chi connectivity index (χ3n) is 3.98. The summed E-state index contributed by atoms with van der Waals surface area (Å²) < 4.78 is 5.51. The van der Waals surface area contributed by atoms with Crippen LogP contribution in [0.15, 0.2) is 24.3 Å². The second kappa shape index (κ2) is 3.08. The number of ether oxygens (including phenoxy) is 1. The number of aliphatic carboxylic acids is 1. The highest BCUT2D eigenvalue weighted by molar-refractivity contribution is 5.76. The van der Waals surface area contributed by atoms with Crippen molar-refractivity contribution >= 4 is 5.97 Å². The first-order valence-corrected chi connectivity index (χ1v) is 5.55. The van der Waals surface area contributed by atoms with Crippen LogP contribution in [0.2, 0.25) is 0 Å². The van der Waals surface area contributed by atoms with E-state index in [1.54, 1.807) is 0 Å². The van der Waals surface area contributed by atoms with E-state index >= 15 is 0 Å². The lowest BCUT2D eigenvalue weighted by molar-refractivity contribution is -0.150. The van der Waals surface area contributed by atoms with Crippen LogP contribution in [0.1, 0.15) is 17.5 Å². The number of fused-ring (bicyclic) bond motifs is 1. The smallest absolute Gasteiger partial charge is 0.310 e. The Labute approximate surface area is 94.0 Å². The number of rotatable bonds is 2. The molecule has 3 aliphatic rings. The summed E-state index contributed by atoms with van der Waals surface area (Å²) in [4.78, 5) is 11.2. The van der Waals surface area contributed by atoms with Crippen molar-refractivity contribution in [2.24, 2.45) is 5.92 Å². The van der Waals surface area contributed by atoms with E-state index in [1.807, 2.05) is 31.2 Å². The summed E-state index contributed by atoms with van der Waals surface area (Å²) >= 11 is 0. The van der Waals surface area contributed by atoms with E-state index < -0.39 is 5.97 Å². The number of benzene rings is 1. The second-order valence-electron chi connectivity index (χ2n) is 4.89. The van der Waals surface area contributed by atoms with Gasteiger partial charge in [0.1, 0.15) is 0 Å². The van der Waals surface area contributed by atoms with E-state index in [-0.39, 0.29) is 17.4 Å². The van der Waals surface area contributed by atoms with E-state index in [0.717, 1.165) is 12.0 Å². The van der Waals surface area contributed by atoms with E-state index in [9.17, 15) is 9.90 Å². The molecule has 84 valence electrons. The van der Waals surface area contributed by atoms with Crippen LogP contribution in [0.3, 0.4) is 0 Å². The molecule has 3 atom stereocenters. The summed E-state index contributed by atoms with van der Waals surface area (Å²) in [5, 5.41) is 9.22. The van der Waals surface area contributed by atoms with Gasteiger partial charge in [-0.3, -0.25) is 4.79 Å². The minimum atomic E-state index is -0.727. The highest BCUT2D eigenvalue weighted by Crippen LogP contribution is 2.56. The van der Waals surface area contributed by atoms with Gasteiger partial charge in [-0.2, -0.15) is 0 Å². The Hall–Kier alpha value is -1.35. The monoisotopic (exact) mass is 218 g/mol. The number of aryl methyl sites for hydroxylation is 1. The molecule has 0 amide bonds. The molecular weight excluding hydrogens is 204 g/mol. The molecule has 2 aliphatic heterocycles. The number of hydrogen-bond donors (Lipinski definition) is 1. The molecule has 16 heavy (non-hydrogen) atoms. The minimum absolute atomic E-state index is 0.0706. The van der Waals surface area contributed by atoms with Crippen molar-refractivity contribution < 1.29 is 14.6 Å². The fraction of sp³-hybridized carbons (Fsp3) is 0.462. The Morgan fingerprint density at radius 3 is 2.69 bits per heavy atom. The van der Waals surface area contributed by atoms with Crippen molar-refractivity contribution in [2.45, 2.75) is 24.9 Å². The van der Waals surface area contributed by atoms with Crippen LogP contribution < -0.4 is 0 Å². The third kappa shape index (κ3) is 1.09. The fourth-order valence-corrected chi connectivity index (χ4v) is 3.02. The van der Waals surface area contributed by atoms with Crippen molar-refractivity contribution in [3.05, 3.63) is 35.4 Å². The largest absolute Gasteiger partial charge is 0.481 e. The fourth-order valence-electron chi connectivity index (χ4n) is 3.02. The first kappa shape index (κ1) is 9.85. The molecule has 3 fully saturated rings. The zero-order chi connectivity index (χ0) is 11.3. The number of carbonyl (C=O) groups is 1. The molecule has 1 aromatic carbocycles. The van der Waals surface area contributed by atoms with Crippen LogP contribution in [0, 0.1) is 12.8 Å². The van der Waals surface area contributed by atoms with Gasteiger partial charge in [0.05, 0.1) is 18.6 Å². The van der Waals surface area contributed by atoms with Gasteiger partial charge in [0, 0.05) is 5.41 Å². The highest BCUT2D eigenvalue weighted by atomic mass is 16.5. The van der Waals surface area contributed by atoms with Gasteiger partial charge in [0.2, 0.25) is 0 Å². The average molecular weight is 218 g/mol. The van der Waals surface area contributed by atoms with Crippen LogP contribution in [-0.4, -0.2) is 23.8 Å². The minimum Gasteiger partial charge on any atom is -0.481 e. The van der Waals surface area contributed by atoms with E-state index in [0.29, 0.717) is 6.61 Å². The Balaban J connectivity index is 2.00. The third-order valence-corrected chi connectivity index (χ3v) is 3.98. The zero-order valence-electron chi connectivity index (χ0n) is 9.14. The molecule has 1 aromatic rings. The van der Waals surface area contributed by atoms with Gasteiger partial charge in [-0.1, -0.05) is 29.8 Å². The maximum Gasteiger partial charge on any atom is 0.310 e. The molecule has 2 heterocycles. The maximum absolute atomic E-state index is 11.2. The van der Waals surface area contributed by atoms with Gasteiger partial charge >= 0.3 is 5.97 Å². The van der Waals surface area contributed by atoms with Crippen molar-refractivity contribution in [3.8, 4) is 0 Å². The SMILES string of the molecule is Cc1ccc(C23COC(C2)C3C(=O)O)cc1. The summed E-state index contributed by atoms with van der Waals surface area (Å²) in [5.41, 5.74) is 2.05. The molecule has 3 unspecified atom stereocenters. The topological polar surface area (TPSA) is 46.5 Å². The van der Waals surface area contributed by atoms with Gasteiger partial charge in [0.25, 0.3) is 0 Å². The summed E-state index contributed by atoms with van der Waals surface area (Å²) in [6, 6.07) is 8.15. The zero-order valence-corrected chi connectivity index (χ0v) is 9.14. The lowest BCUT2D eigenvalue weighted by atomic mass is 9.57. The van der Waals surface area contributed by atoms with Crippen LogP contribution >= 0.6 is 0 Å². The van der Waals surface area contributed by atoms with E-state index in [4.69, 9.17) is 4.74 Å². The van der Waals surface area contributed by atoms with Crippen molar-refractivity contribution in [2.75, 3.05) is 6.61 Å². The van der Waals surface area contributed by atoms with Gasteiger partial charge in [0.15, 0.2) is 0 Å². The van der Waals surface area contributed by atoms with Gasteiger partial charge in [-0.25, -0.2) is 0 Å². The molecule has 2 saturated heterocycles. The second-order valence-corrected chi connectivity index (χ2v) is 4.89. The molecule has 1 aliphatic carbocycles. The van der Waals surface area contributed by atoms with Gasteiger partial charge < -0.3 is 9.84 Å². The Morgan fingerprint density at radius 1 is 1.44 bits per heavy atom. The molecular formula is C13H14O3. The molecule has 1 saturated carbocycles. The first-order valence-electron chi connectivity index (χ1n) is 5.55. The highest BCUT2D eigenvalue weighted by Gasteiger charge is 2.64. The average Bonchev–Trinajstić information content (AvgIpc) is 2.76.